The zero-order valence-electron chi connectivity index (χ0n) is 15.2. The van der Waals surface area contributed by atoms with Crippen LogP contribution in [0.1, 0.15) is 29.4 Å². The molecule has 0 N–H and O–H groups in total. The van der Waals surface area contributed by atoms with Gasteiger partial charge in [-0.1, -0.05) is 35.0 Å². The van der Waals surface area contributed by atoms with Crippen LogP contribution < -0.4 is 4.90 Å². The summed E-state index contributed by atoms with van der Waals surface area (Å²) >= 11 is 6.27. The molecule has 1 aliphatic rings. The SMILES string of the molecule is Cc1ccc(N2CC(c3nc(-c4ccc(C(F)(F)F)cc4)no3)CC2=O)c(Cl)c1. The molecular weight excluding hydrogens is 407 g/mol. The van der Waals surface area contributed by atoms with E-state index in [9.17, 15) is 18.0 Å². The first-order valence-electron chi connectivity index (χ1n) is 8.80. The lowest BCUT2D eigenvalue weighted by atomic mass is 10.1. The van der Waals surface area contributed by atoms with Crippen molar-refractivity contribution in [1.29, 1.82) is 0 Å². The highest BCUT2D eigenvalue weighted by Crippen LogP contribution is 2.36. The van der Waals surface area contributed by atoms with Crippen molar-refractivity contribution in [3.8, 4) is 11.4 Å². The third kappa shape index (κ3) is 3.85. The molecular formula is C20H15ClF3N3O2. The number of halogens is 4. The maximum absolute atomic E-state index is 12.7. The van der Waals surface area contributed by atoms with Gasteiger partial charge in [0.05, 0.1) is 22.2 Å². The minimum absolute atomic E-state index is 0.116. The minimum atomic E-state index is -4.41. The van der Waals surface area contributed by atoms with Gasteiger partial charge in [-0.2, -0.15) is 18.2 Å². The summed E-state index contributed by atoms with van der Waals surface area (Å²) < 4.78 is 43.4. The van der Waals surface area contributed by atoms with Crippen LogP contribution in [-0.4, -0.2) is 22.6 Å². The van der Waals surface area contributed by atoms with E-state index in [0.717, 1.165) is 17.7 Å². The first-order chi connectivity index (χ1) is 13.7. The summed E-state index contributed by atoms with van der Waals surface area (Å²) in [6.07, 6.45) is -4.23. The van der Waals surface area contributed by atoms with E-state index >= 15 is 0 Å². The molecule has 1 amide bonds. The van der Waals surface area contributed by atoms with Crippen LogP contribution in [0.3, 0.4) is 0 Å². The van der Waals surface area contributed by atoms with Crippen LogP contribution in [0.15, 0.2) is 47.0 Å². The van der Waals surface area contributed by atoms with Gasteiger partial charge in [0.1, 0.15) is 0 Å². The smallest absolute Gasteiger partial charge is 0.339 e. The van der Waals surface area contributed by atoms with Crippen molar-refractivity contribution in [3.63, 3.8) is 0 Å². The number of nitrogens with zero attached hydrogens (tertiary/aromatic N) is 3. The van der Waals surface area contributed by atoms with Gasteiger partial charge in [0, 0.05) is 18.5 Å². The quantitative estimate of drug-likeness (QED) is 0.580. The third-order valence-electron chi connectivity index (χ3n) is 4.78. The molecule has 2 heterocycles. The Morgan fingerprint density at radius 3 is 2.55 bits per heavy atom. The molecule has 1 fully saturated rings. The first-order valence-corrected chi connectivity index (χ1v) is 9.18. The van der Waals surface area contributed by atoms with Gasteiger partial charge < -0.3 is 9.42 Å². The molecule has 1 atom stereocenters. The fourth-order valence-corrected chi connectivity index (χ4v) is 3.60. The number of aryl methyl sites for hydroxylation is 1. The first kappa shape index (κ1) is 19.4. The van der Waals surface area contributed by atoms with Crippen molar-refractivity contribution in [2.45, 2.75) is 25.4 Å². The van der Waals surface area contributed by atoms with E-state index in [2.05, 4.69) is 10.1 Å². The fraction of sp³-hybridized carbons (Fsp3) is 0.250. The molecule has 150 valence electrons. The van der Waals surface area contributed by atoms with E-state index in [1.165, 1.54) is 12.1 Å². The minimum Gasteiger partial charge on any atom is -0.339 e. The van der Waals surface area contributed by atoms with Crippen molar-refractivity contribution in [1.82, 2.24) is 10.1 Å². The number of hydrogen-bond donors (Lipinski definition) is 0. The van der Waals surface area contributed by atoms with Crippen molar-refractivity contribution in [2.24, 2.45) is 0 Å². The van der Waals surface area contributed by atoms with Crippen LogP contribution in [0.25, 0.3) is 11.4 Å². The number of aromatic nitrogens is 2. The molecule has 3 aromatic rings. The van der Waals surface area contributed by atoms with E-state index < -0.39 is 11.7 Å². The molecule has 4 rings (SSSR count). The summed E-state index contributed by atoms with van der Waals surface area (Å²) in [5.74, 6) is -0.00225. The number of amides is 1. The van der Waals surface area contributed by atoms with Gasteiger partial charge in [0.2, 0.25) is 17.6 Å². The number of carbonyl (C=O) groups is 1. The molecule has 2 aromatic carbocycles. The summed E-state index contributed by atoms with van der Waals surface area (Å²) in [6.45, 7) is 2.24. The Kier molecular flexibility index (Phi) is 4.82. The molecule has 1 aromatic heterocycles. The van der Waals surface area contributed by atoms with Gasteiger partial charge in [-0.3, -0.25) is 4.79 Å². The van der Waals surface area contributed by atoms with Crippen LogP contribution >= 0.6 is 11.6 Å². The predicted octanol–water partition coefficient (Wildman–Crippen LogP) is 5.24. The van der Waals surface area contributed by atoms with Crippen LogP contribution in [-0.2, 0) is 11.0 Å². The van der Waals surface area contributed by atoms with E-state index in [1.807, 2.05) is 13.0 Å². The Balaban J connectivity index is 1.53. The lowest BCUT2D eigenvalue weighted by Gasteiger charge is -2.18. The van der Waals surface area contributed by atoms with Crippen molar-refractivity contribution in [3.05, 3.63) is 64.5 Å². The summed E-state index contributed by atoms with van der Waals surface area (Å²) in [7, 11) is 0. The number of carbonyl (C=O) groups excluding carboxylic acids is 1. The standard InChI is InChI=1S/C20H15ClF3N3O2/c1-11-2-7-16(15(21)8-11)27-10-13(9-17(27)28)19-25-18(26-29-19)12-3-5-14(6-4-12)20(22,23)24/h2-8,13H,9-10H2,1H3. The average molecular weight is 422 g/mol. The zero-order valence-corrected chi connectivity index (χ0v) is 16.0. The molecule has 1 aliphatic heterocycles. The molecule has 0 spiro atoms. The van der Waals surface area contributed by atoms with Gasteiger partial charge in [0.25, 0.3) is 0 Å². The average Bonchev–Trinajstić information content (AvgIpc) is 3.28. The highest BCUT2D eigenvalue weighted by Gasteiger charge is 2.36. The summed E-state index contributed by atoms with van der Waals surface area (Å²) in [5.41, 5.74) is 1.25. The third-order valence-corrected chi connectivity index (χ3v) is 5.08. The van der Waals surface area contributed by atoms with Crippen molar-refractivity contribution in [2.75, 3.05) is 11.4 Å². The summed E-state index contributed by atoms with van der Waals surface area (Å²) in [4.78, 5) is 18.3. The van der Waals surface area contributed by atoms with E-state index in [1.54, 1.807) is 17.0 Å². The normalized spacial score (nSPS) is 17.2. The van der Waals surface area contributed by atoms with Gasteiger partial charge in [-0.15, -0.1) is 0 Å². The monoisotopic (exact) mass is 421 g/mol. The molecule has 0 saturated carbocycles. The molecule has 9 heteroatoms. The second-order valence-corrected chi connectivity index (χ2v) is 7.30. The van der Waals surface area contributed by atoms with E-state index in [-0.39, 0.29) is 30.0 Å². The van der Waals surface area contributed by atoms with Gasteiger partial charge >= 0.3 is 6.18 Å². The number of benzene rings is 2. The molecule has 5 nitrogen and oxygen atoms in total. The molecule has 1 saturated heterocycles. The van der Waals surface area contributed by atoms with E-state index in [4.69, 9.17) is 16.1 Å². The lowest BCUT2D eigenvalue weighted by molar-refractivity contribution is -0.137. The molecule has 29 heavy (non-hydrogen) atoms. The number of hydrogen-bond acceptors (Lipinski definition) is 4. The molecule has 1 unspecified atom stereocenters. The Morgan fingerprint density at radius 2 is 1.90 bits per heavy atom. The van der Waals surface area contributed by atoms with Crippen LogP contribution in [0.5, 0.6) is 0 Å². The molecule has 0 radical (unpaired) electrons. The van der Waals surface area contributed by atoms with Gasteiger partial charge in [-0.05, 0) is 36.8 Å². The Labute approximate surface area is 169 Å². The number of rotatable bonds is 3. The highest BCUT2D eigenvalue weighted by atomic mass is 35.5. The lowest BCUT2D eigenvalue weighted by Crippen LogP contribution is -2.24. The second kappa shape index (κ2) is 7.18. The summed E-state index contributed by atoms with van der Waals surface area (Å²) in [5, 5.41) is 4.33. The fourth-order valence-electron chi connectivity index (χ4n) is 3.26. The molecule has 0 bridgehead atoms. The number of anilines is 1. The number of alkyl halides is 3. The van der Waals surface area contributed by atoms with Gasteiger partial charge in [-0.25, -0.2) is 0 Å². The van der Waals surface area contributed by atoms with Crippen LogP contribution in [0.2, 0.25) is 5.02 Å². The highest BCUT2D eigenvalue weighted by molar-refractivity contribution is 6.34. The maximum Gasteiger partial charge on any atom is 0.416 e. The Hall–Kier alpha value is -2.87. The largest absolute Gasteiger partial charge is 0.416 e. The maximum atomic E-state index is 12.7. The Morgan fingerprint density at radius 1 is 1.17 bits per heavy atom. The summed E-state index contributed by atoms with van der Waals surface area (Å²) in [6, 6.07) is 9.95. The van der Waals surface area contributed by atoms with Crippen molar-refractivity contribution >= 4 is 23.2 Å². The zero-order chi connectivity index (χ0) is 20.8. The van der Waals surface area contributed by atoms with E-state index in [0.29, 0.717) is 22.8 Å². The van der Waals surface area contributed by atoms with Crippen LogP contribution in [0, 0.1) is 6.92 Å². The van der Waals surface area contributed by atoms with Crippen molar-refractivity contribution < 1.29 is 22.5 Å². The van der Waals surface area contributed by atoms with Gasteiger partial charge in [0.15, 0.2) is 0 Å². The molecule has 0 aliphatic carbocycles. The Bertz CT molecular complexity index is 1060. The predicted molar refractivity (Wildman–Crippen MR) is 101 cm³/mol. The van der Waals surface area contributed by atoms with Crippen LogP contribution in [0.4, 0.5) is 18.9 Å². The second-order valence-electron chi connectivity index (χ2n) is 6.89. The topological polar surface area (TPSA) is 59.2 Å².